The molecule has 0 bridgehead atoms. The quantitative estimate of drug-likeness (QED) is 0.559. The third-order valence-electron chi connectivity index (χ3n) is 2.02. The van der Waals surface area contributed by atoms with Crippen LogP contribution in [0.4, 0.5) is 11.4 Å². The number of methoxy groups -OCH3 is 1. The minimum Gasteiger partial charge on any atom is -0.497 e. The second-order valence-corrected chi connectivity index (χ2v) is 3.28. The Morgan fingerprint density at radius 1 is 1.36 bits per heavy atom. The second-order valence-electron chi connectivity index (χ2n) is 3.28. The van der Waals surface area contributed by atoms with Gasteiger partial charge in [-0.2, -0.15) is 0 Å². The van der Waals surface area contributed by atoms with Gasteiger partial charge in [-0.3, -0.25) is 0 Å². The van der Waals surface area contributed by atoms with Crippen molar-refractivity contribution in [2.24, 2.45) is 0 Å². The van der Waals surface area contributed by atoms with Crippen LogP contribution in [0, 0.1) is 0 Å². The number of benzene rings is 1. The lowest BCUT2D eigenvalue weighted by Gasteiger charge is -2.08. The summed E-state index contributed by atoms with van der Waals surface area (Å²) in [5.41, 5.74) is 7.47. The van der Waals surface area contributed by atoms with Crippen molar-refractivity contribution in [2.75, 3.05) is 24.7 Å². The molecule has 14 heavy (non-hydrogen) atoms. The zero-order valence-electron chi connectivity index (χ0n) is 8.84. The van der Waals surface area contributed by atoms with E-state index in [4.69, 9.17) is 10.5 Å². The fourth-order valence-electron chi connectivity index (χ4n) is 1.25. The third kappa shape index (κ3) is 3.17. The number of nitrogen functional groups attached to an aromatic ring is 1. The van der Waals surface area contributed by atoms with Crippen molar-refractivity contribution < 1.29 is 4.74 Å². The van der Waals surface area contributed by atoms with Gasteiger partial charge in [-0.25, -0.2) is 0 Å². The lowest BCUT2D eigenvalue weighted by Crippen LogP contribution is -2.01. The van der Waals surface area contributed by atoms with E-state index in [9.17, 15) is 0 Å². The van der Waals surface area contributed by atoms with Crippen molar-refractivity contribution >= 4 is 11.4 Å². The summed E-state index contributed by atoms with van der Waals surface area (Å²) in [5.74, 6) is 0.795. The molecule has 1 aromatic rings. The molecule has 3 nitrogen and oxygen atoms in total. The maximum absolute atomic E-state index is 5.72. The van der Waals surface area contributed by atoms with Gasteiger partial charge >= 0.3 is 0 Å². The van der Waals surface area contributed by atoms with E-state index in [0.29, 0.717) is 0 Å². The number of anilines is 2. The van der Waals surface area contributed by atoms with Crippen molar-refractivity contribution in [1.82, 2.24) is 0 Å². The molecular formula is C11H18N2O. The van der Waals surface area contributed by atoms with E-state index in [1.54, 1.807) is 7.11 Å². The Hall–Kier alpha value is -1.38. The van der Waals surface area contributed by atoms with Crippen LogP contribution >= 0.6 is 0 Å². The predicted molar refractivity (Wildman–Crippen MR) is 60.8 cm³/mol. The molecule has 0 aliphatic heterocycles. The molecule has 1 aromatic carbocycles. The molecule has 0 unspecified atom stereocenters. The van der Waals surface area contributed by atoms with Gasteiger partial charge in [0.15, 0.2) is 0 Å². The maximum atomic E-state index is 5.72. The van der Waals surface area contributed by atoms with Gasteiger partial charge in [0, 0.05) is 30.1 Å². The highest BCUT2D eigenvalue weighted by Gasteiger charge is 1.97. The summed E-state index contributed by atoms with van der Waals surface area (Å²) in [6.45, 7) is 3.14. The number of nitrogens with two attached hydrogens (primary N) is 1. The fraction of sp³-hybridized carbons (Fsp3) is 0.455. The van der Waals surface area contributed by atoms with Crippen LogP contribution in [0.2, 0.25) is 0 Å². The summed E-state index contributed by atoms with van der Waals surface area (Å²) in [6, 6.07) is 5.68. The molecule has 0 radical (unpaired) electrons. The van der Waals surface area contributed by atoms with Crippen LogP contribution in [-0.4, -0.2) is 13.7 Å². The van der Waals surface area contributed by atoms with Crippen LogP contribution in [0.25, 0.3) is 0 Å². The molecule has 1 rings (SSSR count). The molecule has 0 spiro atoms. The third-order valence-corrected chi connectivity index (χ3v) is 2.02. The second kappa shape index (κ2) is 5.37. The number of hydrogen-bond donors (Lipinski definition) is 2. The Kier molecular flexibility index (Phi) is 4.11. The van der Waals surface area contributed by atoms with Gasteiger partial charge in [-0.1, -0.05) is 13.3 Å². The Morgan fingerprint density at radius 2 is 2.14 bits per heavy atom. The molecule has 0 aromatic heterocycles. The standard InChI is InChI=1S/C11H18N2O/c1-3-4-5-13-10-6-9(12)7-11(8-10)14-2/h6-8,13H,3-5,12H2,1-2H3. The molecule has 0 amide bonds. The van der Waals surface area contributed by atoms with E-state index in [-0.39, 0.29) is 0 Å². The number of rotatable bonds is 5. The largest absolute Gasteiger partial charge is 0.497 e. The number of hydrogen-bond acceptors (Lipinski definition) is 3. The van der Waals surface area contributed by atoms with Gasteiger partial charge < -0.3 is 15.8 Å². The SMILES string of the molecule is CCCCNc1cc(N)cc(OC)c1. The summed E-state index contributed by atoms with van der Waals surface area (Å²) in [6.07, 6.45) is 2.35. The molecular weight excluding hydrogens is 176 g/mol. The first kappa shape index (κ1) is 10.7. The first-order valence-corrected chi connectivity index (χ1v) is 4.94. The Morgan fingerprint density at radius 3 is 2.79 bits per heavy atom. The summed E-state index contributed by atoms with van der Waals surface area (Å²) in [7, 11) is 1.64. The summed E-state index contributed by atoms with van der Waals surface area (Å²) < 4.78 is 5.12. The molecule has 0 atom stereocenters. The zero-order chi connectivity index (χ0) is 10.4. The summed E-state index contributed by atoms with van der Waals surface area (Å²) in [4.78, 5) is 0. The van der Waals surface area contributed by atoms with Gasteiger partial charge in [0.2, 0.25) is 0 Å². The number of ether oxygens (including phenoxy) is 1. The summed E-state index contributed by atoms with van der Waals surface area (Å²) >= 11 is 0. The normalized spacial score (nSPS) is 9.86. The van der Waals surface area contributed by atoms with Gasteiger partial charge in [0.25, 0.3) is 0 Å². The molecule has 0 fully saturated rings. The summed E-state index contributed by atoms with van der Waals surface area (Å²) in [5, 5.41) is 3.30. The highest BCUT2D eigenvalue weighted by Crippen LogP contribution is 2.21. The van der Waals surface area contributed by atoms with Crippen molar-refractivity contribution in [3.63, 3.8) is 0 Å². The number of nitrogens with one attached hydrogen (secondary N) is 1. The van der Waals surface area contributed by atoms with E-state index in [1.807, 2.05) is 18.2 Å². The monoisotopic (exact) mass is 194 g/mol. The topological polar surface area (TPSA) is 47.3 Å². The van der Waals surface area contributed by atoms with E-state index in [0.717, 1.165) is 30.1 Å². The van der Waals surface area contributed by atoms with Crippen molar-refractivity contribution in [1.29, 1.82) is 0 Å². The number of unbranched alkanes of at least 4 members (excludes halogenated alkanes) is 1. The lowest BCUT2D eigenvalue weighted by molar-refractivity contribution is 0.415. The smallest absolute Gasteiger partial charge is 0.122 e. The molecule has 0 aliphatic carbocycles. The molecule has 0 saturated carbocycles. The van der Waals surface area contributed by atoms with Gasteiger partial charge in [-0.05, 0) is 12.5 Å². The fourth-order valence-corrected chi connectivity index (χ4v) is 1.25. The minimum atomic E-state index is 0.725. The van der Waals surface area contributed by atoms with Gasteiger partial charge in [-0.15, -0.1) is 0 Å². The van der Waals surface area contributed by atoms with E-state index in [2.05, 4.69) is 12.2 Å². The predicted octanol–water partition coefficient (Wildman–Crippen LogP) is 2.49. The molecule has 0 saturated heterocycles. The Labute approximate surface area is 85.3 Å². The van der Waals surface area contributed by atoms with Gasteiger partial charge in [0.1, 0.15) is 5.75 Å². The maximum Gasteiger partial charge on any atom is 0.122 e. The van der Waals surface area contributed by atoms with Crippen molar-refractivity contribution in [3.8, 4) is 5.75 Å². The van der Waals surface area contributed by atoms with E-state index in [1.165, 1.54) is 6.42 Å². The zero-order valence-corrected chi connectivity index (χ0v) is 8.84. The minimum absolute atomic E-state index is 0.725. The van der Waals surface area contributed by atoms with Crippen LogP contribution in [0.1, 0.15) is 19.8 Å². The molecule has 0 heterocycles. The molecule has 0 aliphatic rings. The molecule has 3 N–H and O–H groups in total. The average molecular weight is 194 g/mol. The highest BCUT2D eigenvalue weighted by molar-refractivity contribution is 5.59. The average Bonchev–Trinajstić information content (AvgIpc) is 2.17. The van der Waals surface area contributed by atoms with Crippen LogP contribution in [-0.2, 0) is 0 Å². The van der Waals surface area contributed by atoms with E-state index >= 15 is 0 Å². The van der Waals surface area contributed by atoms with E-state index < -0.39 is 0 Å². The Balaban J connectivity index is 2.62. The van der Waals surface area contributed by atoms with Crippen LogP contribution in [0.5, 0.6) is 5.75 Å². The highest BCUT2D eigenvalue weighted by atomic mass is 16.5. The molecule has 78 valence electrons. The van der Waals surface area contributed by atoms with Crippen LogP contribution < -0.4 is 15.8 Å². The Bertz CT molecular complexity index is 287. The van der Waals surface area contributed by atoms with Gasteiger partial charge in [0.05, 0.1) is 7.11 Å². The first-order chi connectivity index (χ1) is 6.76. The first-order valence-electron chi connectivity index (χ1n) is 4.94. The van der Waals surface area contributed by atoms with Crippen molar-refractivity contribution in [3.05, 3.63) is 18.2 Å². The van der Waals surface area contributed by atoms with Crippen molar-refractivity contribution in [2.45, 2.75) is 19.8 Å². The molecule has 3 heteroatoms. The van der Waals surface area contributed by atoms with Crippen LogP contribution in [0.15, 0.2) is 18.2 Å². The lowest BCUT2D eigenvalue weighted by atomic mass is 10.2. The van der Waals surface area contributed by atoms with Crippen LogP contribution in [0.3, 0.4) is 0 Å².